The van der Waals surface area contributed by atoms with Crippen molar-refractivity contribution in [1.29, 1.82) is 0 Å². The molecule has 0 unspecified atom stereocenters. The van der Waals surface area contributed by atoms with Crippen LogP contribution in [0.15, 0.2) is 42.5 Å². The average molecular weight is 556 g/mol. The lowest BCUT2D eigenvalue weighted by Crippen LogP contribution is -2.45. The second-order valence-electron chi connectivity index (χ2n) is 8.98. The molecule has 0 saturated carbocycles. The lowest BCUT2D eigenvalue weighted by atomic mass is 10.0. The first-order valence-corrected chi connectivity index (χ1v) is 13.0. The van der Waals surface area contributed by atoms with Crippen molar-refractivity contribution in [1.82, 2.24) is 9.69 Å². The van der Waals surface area contributed by atoms with Crippen LogP contribution in [-0.2, 0) is 9.53 Å². The van der Waals surface area contributed by atoms with Crippen molar-refractivity contribution >= 4 is 40.6 Å². The van der Waals surface area contributed by atoms with Crippen LogP contribution in [0.1, 0.15) is 44.6 Å². The van der Waals surface area contributed by atoms with Gasteiger partial charge >= 0.3 is 0 Å². The third-order valence-electron chi connectivity index (χ3n) is 6.40. The normalized spacial score (nSPS) is 16.9. The molecule has 2 aromatic carbocycles. The first-order valence-electron chi connectivity index (χ1n) is 12.3. The van der Waals surface area contributed by atoms with E-state index in [0.29, 0.717) is 48.4 Å². The molecule has 3 heterocycles. The molecule has 2 atom stereocenters. The number of carbonyl (C=O) groups excluding carboxylic acids is 3. The van der Waals surface area contributed by atoms with E-state index >= 15 is 0 Å². The van der Waals surface area contributed by atoms with Crippen molar-refractivity contribution in [2.45, 2.75) is 25.0 Å². The number of carbonyl (C=O) groups is 3. The number of nitrogens with one attached hydrogen (secondary N) is 1. The standard InChI is InChI=1S/C26H26FN5O6S/c27-15-5-3-14(4-6-15)22(25(34)30-13-17-2-1-9-36-17)32(16-7-8-18-19(12-16)38-11-10-37-18)26(35)23-20(28)21(24(29)33)31-39-23/h3-8,12,17,22H,1-2,9-11,13,28H2,(H2,29,33)(H,30,34)/t17-,22+/m1/s1. The summed E-state index contributed by atoms with van der Waals surface area (Å²) in [5.41, 5.74) is 11.6. The number of benzene rings is 2. The summed E-state index contributed by atoms with van der Waals surface area (Å²) in [6.45, 7) is 1.51. The number of anilines is 2. The van der Waals surface area contributed by atoms with Gasteiger partial charge in [-0.3, -0.25) is 19.3 Å². The summed E-state index contributed by atoms with van der Waals surface area (Å²) in [6.07, 6.45) is 1.52. The molecule has 1 aromatic heterocycles. The Morgan fingerprint density at radius 2 is 1.85 bits per heavy atom. The summed E-state index contributed by atoms with van der Waals surface area (Å²) < 4.78 is 34.8. The Kier molecular flexibility index (Phi) is 7.61. The maximum Gasteiger partial charge on any atom is 0.273 e. The molecule has 2 aliphatic rings. The molecule has 11 nitrogen and oxygen atoms in total. The first-order chi connectivity index (χ1) is 18.8. The SMILES string of the molecule is NC(=O)c1nsc(C(=O)N(c2ccc3c(c2)OCCO3)[C@H](C(=O)NC[C@H]2CCCO2)c2ccc(F)cc2)c1N. The van der Waals surface area contributed by atoms with E-state index in [1.807, 2.05) is 0 Å². The Morgan fingerprint density at radius 1 is 1.10 bits per heavy atom. The number of nitrogen functional groups attached to an aromatic ring is 1. The number of ether oxygens (including phenoxy) is 3. The minimum atomic E-state index is -1.26. The van der Waals surface area contributed by atoms with E-state index in [9.17, 15) is 18.8 Å². The van der Waals surface area contributed by atoms with E-state index < -0.39 is 29.6 Å². The van der Waals surface area contributed by atoms with Gasteiger partial charge in [-0.1, -0.05) is 12.1 Å². The van der Waals surface area contributed by atoms with Crippen LogP contribution in [0.2, 0.25) is 0 Å². The molecule has 3 aromatic rings. The van der Waals surface area contributed by atoms with Gasteiger partial charge in [0.05, 0.1) is 11.8 Å². The zero-order valence-corrected chi connectivity index (χ0v) is 21.5. The lowest BCUT2D eigenvalue weighted by molar-refractivity contribution is -0.123. The highest BCUT2D eigenvalue weighted by Crippen LogP contribution is 2.39. The molecular formula is C26H26FN5O6S. The van der Waals surface area contributed by atoms with Gasteiger partial charge in [0.15, 0.2) is 17.2 Å². The number of nitrogens with two attached hydrogens (primary N) is 2. The van der Waals surface area contributed by atoms with Gasteiger partial charge in [-0.25, -0.2) is 4.39 Å². The maximum atomic E-state index is 14.1. The molecule has 0 aliphatic carbocycles. The Labute approximate surface area is 227 Å². The average Bonchev–Trinajstić information content (AvgIpc) is 3.60. The van der Waals surface area contributed by atoms with Gasteiger partial charge in [0, 0.05) is 24.9 Å². The summed E-state index contributed by atoms with van der Waals surface area (Å²) >= 11 is 0.690. The number of rotatable bonds is 8. The number of halogens is 1. The molecule has 2 aliphatic heterocycles. The second kappa shape index (κ2) is 11.3. The van der Waals surface area contributed by atoms with E-state index in [2.05, 4.69) is 9.69 Å². The highest BCUT2D eigenvalue weighted by molar-refractivity contribution is 7.09. The van der Waals surface area contributed by atoms with Crippen molar-refractivity contribution in [2.24, 2.45) is 5.73 Å². The van der Waals surface area contributed by atoms with Crippen molar-refractivity contribution in [3.05, 3.63) is 64.4 Å². The Morgan fingerprint density at radius 3 is 2.51 bits per heavy atom. The lowest BCUT2D eigenvalue weighted by Gasteiger charge is -2.32. The number of amides is 3. The fourth-order valence-electron chi connectivity index (χ4n) is 4.48. The predicted octanol–water partition coefficient (Wildman–Crippen LogP) is 2.42. The van der Waals surface area contributed by atoms with Gasteiger partial charge in [-0.15, -0.1) is 0 Å². The van der Waals surface area contributed by atoms with Crippen LogP contribution in [0, 0.1) is 5.82 Å². The number of nitrogens with zero attached hydrogens (tertiary/aromatic N) is 2. The van der Waals surface area contributed by atoms with Gasteiger partial charge in [-0.2, -0.15) is 4.37 Å². The minimum Gasteiger partial charge on any atom is -0.486 e. The molecule has 5 rings (SSSR count). The minimum absolute atomic E-state index is 0.0854. The van der Waals surface area contributed by atoms with Crippen molar-refractivity contribution < 1.29 is 33.0 Å². The summed E-state index contributed by atoms with van der Waals surface area (Å²) in [5.74, 6) is -1.78. The van der Waals surface area contributed by atoms with E-state index in [1.165, 1.54) is 29.2 Å². The van der Waals surface area contributed by atoms with Crippen LogP contribution in [0.25, 0.3) is 0 Å². The zero-order valence-electron chi connectivity index (χ0n) is 20.7. The highest BCUT2D eigenvalue weighted by Gasteiger charge is 2.37. The third-order valence-corrected chi connectivity index (χ3v) is 7.25. The smallest absolute Gasteiger partial charge is 0.273 e. The monoisotopic (exact) mass is 555 g/mol. The van der Waals surface area contributed by atoms with Crippen molar-refractivity contribution in [3.63, 3.8) is 0 Å². The van der Waals surface area contributed by atoms with Crippen LogP contribution in [0.4, 0.5) is 15.8 Å². The number of primary amides is 1. The molecule has 3 amide bonds. The maximum absolute atomic E-state index is 14.1. The molecular weight excluding hydrogens is 529 g/mol. The van der Waals surface area contributed by atoms with Crippen molar-refractivity contribution in [3.8, 4) is 11.5 Å². The van der Waals surface area contributed by atoms with Gasteiger partial charge in [0.2, 0.25) is 5.91 Å². The van der Waals surface area contributed by atoms with E-state index in [4.69, 9.17) is 25.7 Å². The van der Waals surface area contributed by atoms with Crippen LogP contribution < -0.4 is 31.2 Å². The molecule has 204 valence electrons. The van der Waals surface area contributed by atoms with Crippen molar-refractivity contribution in [2.75, 3.05) is 37.0 Å². The second-order valence-corrected chi connectivity index (χ2v) is 9.75. The van der Waals surface area contributed by atoms with E-state index in [1.54, 1.807) is 18.2 Å². The van der Waals surface area contributed by atoms with E-state index in [0.717, 1.165) is 12.8 Å². The molecule has 1 fully saturated rings. The van der Waals surface area contributed by atoms with Crippen LogP contribution in [0.3, 0.4) is 0 Å². The molecule has 0 radical (unpaired) electrons. The van der Waals surface area contributed by atoms with Crippen LogP contribution >= 0.6 is 11.5 Å². The topological polar surface area (TPSA) is 159 Å². The molecule has 5 N–H and O–H groups in total. The largest absolute Gasteiger partial charge is 0.486 e. The number of hydrogen-bond donors (Lipinski definition) is 3. The number of aromatic nitrogens is 1. The van der Waals surface area contributed by atoms with Crippen LogP contribution in [0.5, 0.6) is 11.5 Å². The summed E-state index contributed by atoms with van der Waals surface area (Å²) in [6, 6.07) is 8.79. The number of fused-ring (bicyclic) bond motifs is 1. The predicted molar refractivity (Wildman–Crippen MR) is 140 cm³/mol. The van der Waals surface area contributed by atoms with Crippen LogP contribution in [-0.4, -0.2) is 54.6 Å². The molecule has 0 bridgehead atoms. The first kappa shape index (κ1) is 26.4. The molecule has 1 saturated heterocycles. The molecule has 39 heavy (non-hydrogen) atoms. The summed E-state index contributed by atoms with van der Waals surface area (Å²) in [5, 5.41) is 2.87. The number of hydrogen-bond acceptors (Lipinski definition) is 9. The fourth-order valence-corrected chi connectivity index (χ4v) is 5.23. The van der Waals surface area contributed by atoms with Gasteiger partial charge in [0.1, 0.15) is 29.9 Å². The van der Waals surface area contributed by atoms with E-state index in [-0.39, 0.29) is 34.6 Å². The zero-order chi connectivity index (χ0) is 27.5. The quantitative estimate of drug-likeness (QED) is 0.382. The highest BCUT2D eigenvalue weighted by atomic mass is 32.1. The summed E-state index contributed by atoms with van der Waals surface area (Å²) in [7, 11) is 0. The Bertz CT molecular complexity index is 1390. The van der Waals surface area contributed by atoms with Gasteiger partial charge in [0.25, 0.3) is 11.8 Å². The Balaban J connectivity index is 1.61. The molecule has 13 heteroatoms. The Hall–Kier alpha value is -4.23. The molecule has 0 spiro atoms. The summed E-state index contributed by atoms with van der Waals surface area (Å²) in [4.78, 5) is 40.8. The van der Waals surface area contributed by atoms with Gasteiger partial charge < -0.3 is 31.0 Å². The van der Waals surface area contributed by atoms with Gasteiger partial charge in [-0.05, 0) is 54.2 Å². The fraction of sp³-hybridized carbons (Fsp3) is 0.308. The third kappa shape index (κ3) is 5.49.